The molecule has 1 aliphatic rings. The molecule has 2 aromatic rings. The van der Waals surface area contributed by atoms with Gasteiger partial charge in [0.05, 0.1) is 11.9 Å². The maximum absolute atomic E-state index is 12.6. The molecule has 26 heavy (non-hydrogen) atoms. The Hall–Kier alpha value is -2.14. The number of benzene rings is 1. The van der Waals surface area contributed by atoms with Crippen LogP contribution in [0, 0.1) is 5.92 Å². The van der Waals surface area contributed by atoms with Crippen LogP contribution in [0.4, 0.5) is 0 Å². The summed E-state index contributed by atoms with van der Waals surface area (Å²) in [6.45, 7) is 13.8. The zero-order valence-corrected chi connectivity index (χ0v) is 16.5. The van der Waals surface area contributed by atoms with E-state index < -0.39 is 0 Å². The van der Waals surface area contributed by atoms with Gasteiger partial charge in [0, 0.05) is 24.2 Å². The number of fused-ring (bicyclic) bond motifs is 1. The number of nitrogens with zero attached hydrogens (tertiary/aromatic N) is 3. The number of hydrogen-bond donors (Lipinski definition) is 1. The first kappa shape index (κ1) is 18.6. The third kappa shape index (κ3) is 4.15. The van der Waals surface area contributed by atoms with Gasteiger partial charge in [-0.3, -0.25) is 9.69 Å². The number of amides is 1. The molecule has 0 spiro atoms. The van der Waals surface area contributed by atoms with Crippen LogP contribution >= 0.6 is 0 Å². The lowest BCUT2D eigenvalue weighted by Gasteiger charge is -2.19. The summed E-state index contributed by atoms with van der Waals surface area (Å²) in [4.78, 5) is 16.6. The van der Waals surface area contributed by atoms with Crippen LogP contribution in [0.2, 0.25) is 0 Å². The molecule has 2 heterocycles. The number of nitrogens with one attached hydrogen (secondary N) is 1. The first-order valence-corrected chi connectivity index (χ1v) is 9.44. The highest BCUT2D eigenvalue weighted by Gasteiger charge is 2.24. The summed E-state index contributed by atoms with van der Waals surface area (Å²) in [5, 5.41) is 4.35. The molecule has 5 nitrogen and oxygen atoms in total. The van der Waals surface area contributed by atoms with Crippen LogP contribution in [0.3, 0.4) is 0 Å². The van der Waals surface area contributed by atoms with Crippen LogP contribution in [-0.2, 0) is 18.5 Å². The molecule has 1 aromatic heterocycles. The van der Waals surface area contributed by atoms with E-state index in [4.69, 9.17) is 0 Å². The van der Waals surface area contributed by atoms with Crippen LogP contribution in [0.15, 0.2) is 30.5 Å². The molecule has 140 valence electrons. The standard InChI is InChI=1S/C21H30N4O/c1-15(2)10-11-24-13-17-12-22-25(19(17)14-24)23-20(26)16-6-8-18(9-7-16)21(3,4)5/h6-9,12,15H,10-11,13-14H2,1-5H3,(H,23,26). The third-order valence-corrected chi connectivity index (χ3v) is 4.97. The molecule has 3 rings (SSSR count). The van der Waals surface area contributed by atoms with Gasteiger partial charge in [-0.25, -0.2) is 5.43 Å². The van der Waals surface area contributed by atoms with E-state index in [0.29, 0.717) is 11.5 Å². The van der Waals surface area contributed by atoms with Crippen molar-refractivity contribution in [2.45, 2.75) is 59.5 Å². The van der Waals surface area contributed by atoms with Crippen molar-refractivity contribution < 1.29 is 4.79 Å². The van der Waals surface area contributed by atoms with Crippen molar-refractivity contribution in [3.63, 3.8) is 0 Å². The highest BCUT2D eigenvalue weighted by Crippen LogP contribution is 2.24. The maximum Gasteiger partial charge on any atom is 0.271 e. The average molecular weight is 354 g/mol. The normalized spacial score (nSPS) is 14.7. The molecule has 5 heteroatoms. The van der Waals surface area contributed by atoms with Crippen LogP contribution < -0.4 is 5.43 Å². The number of aromatic nitrogens is 2. The molecule has 0 atom stereocenters. The van der Waals surface area contributed by atoms with E-state index in [1.807, 2.05) is 30.5 Å². The maximum atomic E-state index is 12.6. The average Bonchev–Trinajstić information content (AvgIpc) is 3.14. The van der Waals surface area contributed by atoms with Crippen molar-refractivity contribution in [1.82, 2.24) is 14.8 Å². The van der Waals surface area contributed by atoms with E-state index in [1.165, 1.54) is 17.5 Å². The van der Waals surface area contributed by atoms with E-state index in [-0.39, 0.29) is 11.3 Å². The molecule has 0 radical (unpaired) electrons. The lowest BCUT2D eigenvalue weighted by atomic mass is 9.87. The van der Waals surface area contributed by atoms with Gasteiger partial charge in [-0.1, -0.05) is 46.8 Å². The SMILES string of the molecule is CC(C)CCN1Cc2cnn(NC(=O)c3ccc(C(C)(C)C)cc3)c2C1. The lowest BCUT2D eigenvalue weighted by molar-refractivity contribution is 0.100. The molecule has 0 fully saturated rings. The molecule has 1 amide bonds. The van der Waals surface area contributed by atoms with Gasteiger partial charge in [0.2, 0.25) is 0 Å². The minimum atomic E-state index is -0.128. The van der Waals surface area contributed by atoms with Crippen LogP contribution in [-0.4, -0.2) is 27.2 Å². The van der Waals surface area contributed by atoms with Gasteiger partial charge in [0.25, 0.3) is 5.91 Å². The van der Waals surface area contributed by atoms with Crippen molar-refractivity contribution in [3.8, 4) is 0 Å². The highest BCUT2D eigenvalue weighted by molar-refractivity contribution is 5.99. The first-order valence-electron chi connectivity index (χ1n) is 9.44. The van der Waals surface area contributed by atoms with E-state index >= 15 is 0 Å². The number of hydrogen-bond acceptors (Lipinski definition) is 3. The van der Waals surface area contributed by atoms with Gasteiger partial charge in [-0.15, -0.1) is 0 Å². The zero-order chi connectivity index (χ0) is 18.9. The minimum Gasteiger partial charge on any atom is -0.293 e. The Bertz CT molecular complexity index is 768. The summed E-state index contributed by atoms with van der Waals surface area (Å²) >= 11 is 0. The van der Waals surface area contributed by atoms with Gasteiger partial charge < -0.3 is 0 Å². The molecule has 1 N–H and O–H groups in total. The van der Waals surface area contributed by atoms with Gasteiger partial charge in [-0.05, 0) is 42.0 Å². The second-order valence-electron chi connectivity index (χ2n) is 8.69. The van der Waals surface area contributed by atoms with Crippen LogP contribution in [0.1, 0.15) is 68.2 Å². The Morgan fingerprint density at radius 1 is 1.19 bits per heavy atom. The summed E-state index contributed by atoms with van der Waals surface area (Å²) in [5.41, 5.74) is 7.17. The Kier molecular flexibility index (Phi) is 5.19. The van der Waals surface area contributed by atoms with Crippen LogP contribution in [0.5, 0.6) is 0 Å². The minimum absolute atomic E-state index is 0.0806. The van der Waals surface area contributed by atoms with Gasteiger partial charge >= 0.3 is 0 Å². The first-order chi connectivity index (χ1) is 12.2. The second kappa shape index (κ2) is 7.23. The Morgan fingerprint density at radius 3 is 2.50 bits per heavy atom. The number of rotatable bonds is 5. The molecular formula is C21H30N4O. The quantitative estimate of drug-likeness (QED) is 0.885. The molecular weight excluding hydrogens is 324 g/mol. The molecule has 0 saturated heterocycles. The molecule has 0 aliphatic carbocycles. The van der Waals surface area contributed by atoms with Gasteiger partial charge in [-0.2, -0.15) is 9.89 Å². The predicted octanol–water partition coefficient (Wildman–Crippen LogP) is 3.93. The Balaban J connectivity index is 1.65. The number of carbonyl (C=O) groups excluding carboxylic acids is 1. The fourth-order valence-corrected chi connectivity index (χ4v) is 3.19. The number of carbonyl (C=O) groups is 1. The van der Waals surface area contributed by atoms with Crippen molar-refractivity contribution >= 4 is 5.91 Å². The van der Waals surface area contributed by atoms with E-state index in [9.17, 15) is 4.79 Å². The lowest BCUT2D eigenvalue weighted by Crippen LogP contribution is -2.27. The van der Waals surface area contributed by atoms with E-state index in [2.05, 4.69) is 50.0 Å². The van der Waals surface area contributed by atoms with Crippen molar-refractivity contribution in [2.24, 2.45) is 5.92 Å². The van der Waals surface area contributed by atoms with Crippen molar-refractivity contribution in [2.75, 3.05) is 12.0 Å². The largest absolute Gasteiger partial charge is 0.293 e. The second-order valence-corrected chi connectivity index (χ2v) is 8.69. The molecule has 1 aromatic carbocycles. The van der Waals surface area contributed by atoms with Gasteiger partial charge in [0.1, 0.15) is 0 Å². The Labute approximate surface area is 156 Å². The van der Waals surface area contributed by atoms with Gasteiger partial charge in [0.15, 0.2) is 0 Å². The van der Waals surface area contributed by atoms with Crippen molar-refractivity contribution in [1.29, 1.82) is 0 Å². The monoisotopic (exact) mass is 354 g/mol. The molecule has 0 saturated carbocycles. The summed E-state index contributed by atoms with van der Waals surface area (Å²) in [7, 11) is 0. The zero-order valence-electron chi connectivity index (χ0n) is 16.5. The Morgan fingerprint density at radius 2 is 1.88 bits per heavy atom. The summed E-state index contributed by atoms with van der Waals surface area (Å²) in [6, 6.07) is 7.81. The molecule has 0 bridgehead atoms. The smallest absolute Gasteiger partial charge is 0.271 e. The fourth-order valence-electron chi connectivity index (χ4n) is 3.19. The third-order valence-electron chi connectivity index (χ3n) is 4.97. The summed E-state index contributed by atoms with van der Waals surface area (Å²) < 4.78 is 0. The van der Waals surface area contributed by atoms with E-state index in [0.717, 1.165) is 25.3 Å². The van der Waals surface area contributed by atoms with Crippen LogP contribution in [0.25, 0.3) is 0 Å². The molecule has 1 aliphatic heterocycles. The molecule has 0 unspecified atom stereocenters. The topological polar surface area (TPSA) is 50.2 Å². The summed E-state index contributed by atoms with van der Waals surface area (Å²) in [5.74, 6) is 0.572. The van der Waals surface area contributed by atoms with E-state index in [1.54, 1.807) is 4.79 Å². The highest BCUT2D eigenvalue weighted by atomic mass is 16.2. The summed E-state index contributed by atoms with van der Waals surface area (Å²) in [6.07, 6.45) is 3.05. The predicted molar refractivity (Wildman–Crippen MR) is 105 cm³/mol. The van der Waals surface area contributed by atoms with Crippen molar-refractivity contribution in [3.05, 3.63) is 52.8 Å². The fraction of sp³-hybridized carbons (Fsp3) is 0.524.